The summed E-state index contributed by atoms with van der Waals surface area (Å²) in [6.07, 6.45) is 1.99. The Morgan fingerprint density at radius 2 is 2.38 bits per heavy atom. The Labute approximate surface area is 129 Å². The number of hydrogen-bond acceptors (Lipinski definition) is 3. The fourth-order valence-electron chi connectivity index (χ4n) is 2.27. The molecule has 6 heteroatoms. The molecule has 2 rings (SSSR count). The fraction of sp³-hybridized carbons (Fsp3) is 0.533. The molecule has 0 saturated carbocycles. The van der Waals surface area contributed by atoms with Gasteiger partial charge in [-0.25, -0.2) is 4.79 Å². The number of halogens is 1. The van der Waals surface area contributed by atoms with E-state index in [1.54, 1.807) is 23.1 Å². The number of benzene rings is 1. The van der Waals surface area contributed by atoms with Crippen molar-refractivity contribution < 1.29 is 14.6 Å². The number of nitrogens with zero attached hydrogens (tertiary/aromatic N) is 1. The Bertz CT molecular complexity index is 496. The van der Waals surface area contributed by atoms with Crippen LogP contribution in [0.3, 0.4) is 0 Å². The third-order valence-corrected chi connectivity index (χ3v) is 3.56. The number of amides is 2. The summed E-state index contributed by atoms with van der Waals surface area (Å²) < 4.78 is 5.61. The molecular weight excluding hydrogens is 292 g/mol. The van der Waals surface area contributed by atoms with Crippen LogP contribution in [0.1, 0.15) is 26.2 Å². The third kappa shape index (κ3) is 4.51. The predicted molar refractivity (Wildman–Crippen MR) is 83.1 cm³/mol. The zero-order valence-corrected chi connectivity index (χ0v) is 12.9. The number of ether oxygens (including phenoxy) is 1. The van der Waals surface area contributed by atoms with Gasteiger partial charge >= 0.3 is 6.03 Å². The minimum atomic E-state index is -0.445. The van der Waals surface area contributed by atoms with Crippen LogP contribution in [0.5, 0.6) is 5.75 Å². The van der Waals surface area contributed by atoms with E-state index in [-0.39, 0.29) is 6.03 Å². The minimum absolute atomic E-state index is 0.239. The smallest absolute Gasteiger partial charge is 0.322 e. The molecule has 1 heterocycles. The fourth-order valence-corrected chi connectivity index (χ4v) is 2.44. The standard InChI is InChI=1S/C15H21ClN2O3/c1-2-8-21-14-6-5-11(16)9-13(14)17-15(20)18-7-3-4-12(19)10-18/h5-6,9,12,19H,2-4,7-8,10H2,1H3,(H,17,20)/t12-/m0/s1. The Hall–Kier alpha value is -1.46. The van der Waals surface area contributed by atoms with Crippen LogP contribution in [0.2, 0.25) is 5.02 Å². The lowest BCUT2D eigenvalue weighted by Crippen LogP contribution is -2.44. The van der Waals surface area contributed by atoms with Crippen LogP contribution in [0.25, 0.3) is 0 Å². The van der Waals surface area contributed by atoms with E-state index >= 15 is 0 Å². The maximum absolute atomic E-state index is 12.3. The molecule has 0 radical (unpaired) electrons. The van der Waals surface area contributed by atoms with Gasteiger partial charge in [0.15, 0.2) is 0 Å². The van der Waals surface area contributed by atoms with E-state index in [2.05, 4.69) is 5.32 Å². The number of aliphatic hydroxyl groups excluding tert-OH is 1. The first kappa shape index (κ1) is 15.9. The molecule has 2 N–H and O–H groups in total. The van der Waals surface area contributed by atoms with Gasteiger partial charge in [0.2, 0.25) is 0 Å². The monoisotopic (exact) mass is 312 g/mol. The van der Waals surface area contributed by atoms with Crippen LogP contribution >= 0.6 is 11.6 Å². The molecule has 2 amide bonds. The number of carbonyl (C=O) groups is 1. The van der Waals surface area contributed by atoms with Crippen molar-refractivity contribution >= 4 is 23.3 Å². The van der Waals surface area contributed by atoms with Crippen molar-refractivity contribution in [1.29, 1.82) is 0 Å². The van der Waals surface area contributed by atoms with Crippen molar-refractivity contribution in [3.63, 3.8) is 0 Å². The molecule has 1 aliphatic rings. The highest BCUT2D eigenvalue weighted by Crippen LogP contribution is 2.28. The lowest BCUT2D eigenvalue weighted by molar-refractivity contribution is 0.0883. The molecule has 1 atom stereocenters. The number of piperidine rings is 1. The molecule has 1 fully saturated rings. The highest BCUT2D eigenvalue weighted by molar-refractivity contribution is 6.31. The van der Waals surface area contributed by atoms with Crippen molar-refractivity contribution in [1.82, 2.24) is 4.90 Å². The number of nitrogens with one attached hydrogen (secondary N) is 1. The van der Waals surface area contributed by atoms with Gasteiger partial charge in [-0.1, -0.05) is 18.5 Å². The summed E-state index contributed by atoms with van der Waals surface area (Å²) in [6.45, 7) is 3.60. The number of urea groups is 1. The lowest BCUT2D eigenvalue weighted by Gasteiger charge is -2.30. The molecule has 116 valence electrons. The van der Waals surface area contributed by atoms with E-state index in [0.717, 1.165) is 19.3 Å². The lowest BCUT2D eigenvalue weighted by atomic mass is 10.1. The molecule has 1 aromatic rings. The van der Waals surface area contributed by atoms with Crippen LogP contribution in [-0.4, -0.2) is 41.8 Å². The number of aliphatic hydroxyl groups is 1. The number of hydrogen-bond donors (Lipinski definition) is 2. The van der Waals surface area contributed by atoms with E-state index in [1.165, 1.54) is 0 Å². The van der Waals surface area contributed by atoms with Crippen molar-refractivity contribution in [3.8, 4) is 5.75 Å². The maximum Gasteiger partial charge on any atom is 0.322 e. The maximum atomic E-state index is 12.3. The van der Waals surface area contributed by atoms with Gasteiger partial charge in [0, 0.05) is 18.1 Å². The number of carbonyl (C=O) groups excluding carboxylic acids is 1. The molecule has 1 aromatic carbocycles. The molecule has 0 aliphatic carbocycles. The molecular formula is C15H21ClN2O3. The highest BCUT2D eigenvalue weighted by Gasteiger charge is 2.22. The third-order valence-electron chi connectivity index (χ3n) is 3.33. The topological polar surface area (TPSA) is 61.8 Å². The molecule has 0 spiro atoms. The van der Waals surface area contributed by atoms with Crippen molar-refractivity contribution in [2.45, 2.75) is 32.3 Å². The Balaban J connectivity index is 2.06. The van der Waals surface area contributed by atoms with E-state index in [9.17, 15) is 9.90 Å². The first-order valence-corrected chi connectivity index (χ1v) is 7.64. The summed E-state index contributed by atoms with van der Waals surface area (Å²) in [5, 5.41) is 13.0. The average Bonchev–Trinajstić information content (AvgIpc) is 2.46. The highest BCUT2D eigenvalue weighted by atomic mass is 35.5. The van der Waals surface area contributed by atoms with Crippen molar-refractivity contribution in [2.24, 2.45) is 0 Å². The second-order valence-corrected chi connectivity index (χ2v) is 5.60. The SMILES string of the molecule is CCCOc1ccc(Cl)cc1NC(=O)N1CCC[C@H](O)C1. The van der Waals surface area contributed by atoms with Gasteiger partial charge in [-0.3, -0.25) is 0 Å². The van der Waals surface area contributed by atoms with Crippen LogP contribution in [0.4, 0.5) is 10.5 Å². The normalized spacial score (nSPS) is 18.4. The minimum Gasteiger partial charge on any atom is -0.491 e. The van der Waals surface area contributed by atoms with Crippen molar-refractivity contribution in [3.05, 3.63) is 23.2 Å². The second kappa shape index (κ2) is 7.52. The number of anilines is 1. The summed E-state index contributed by atoms with van der Waals surface area (Å²) in [6, 6.07) is 4.91. The number of rotatable bonds is 4. The molecule has 21 heavy (non-hydrogen) atoms. The molecule has 0 unspecified atom stereocenters. The van der Waals surface area contributed by atoms with Crippen LogP contribution in [0.15, 0.2) is 18.2 Å². The molecule has 1 saturated heterocycles. The van der Waals surface area contributed by atoms with E-state index in [4.69, 9.17) is 16.3 Å². The first-order valence-electron chi connectivity index (χ1n) is 7.26. The molecule has 1 aliphatic heterocycles. The van der Waals surface area contributed by atoms with Crippen LogP contribution in [0, 0.1) is 0 Å². The molecule has 0 bridgehead atoms. The number of β-amino-alcohol motifs (C(OH)–C–C–N with tert-alkyl or cyclic N) is 1. The summed E-state index contributed by atoms with van der Waals surface area (Å²) >= 11 is 5.98. The van der Waals surface area contributed by atoms with Gasteiger partial charge < -0.3 is 20.1 Å². The first-order chi connectivity index (χ1) is 10.1. The van der Waals surface area contributed by atoms with Crippen LogP contribution in [-0.2, 0) is 0 Å². The van der Waals surface area contributed by atoms with E-state index < -0.39 is 6.10 Å². The predicted octanol–water partition coefficient (Wildman–Crippen LogP) is 3.12. The Kier molecular flexibility index (Phi) is 5.70. The van der Waals surface area contributed by atoms with Gasteiger partial charge in [-0.05, 0) is 37.5 Å². The van der Waals surface area contributed by atoms with Gasteiger partial charge in [0.05, 0.1) is 18.4 Å². The second-order valence-electron chi connectivity index (χ2n) is 5.16. The van der Waals surface area contributed by atoms with Gasteiger partial charge in [0.1, 0.15) is 5.75 Å². The summed E-state index contributed by atoms with van der Waals surface area (Å²) in [7, 11) is 0. The Morgan fingerprint density at radius 3 is 3.10 bits per heavy atom. The Morgan fingerprint density at radius 1 is 1.57 bits per heavy atom. The zero-order valence-electron chi connectivity index (χ0n) is 12.1. The van der Waals surface area contributed by atoms with Crippen molar-refractivity contribution in [2.75, 3.05) is 25.0 Å². The van der Waals surface area contributed by atoms with Gasteiger partial charge in [-0.2, -0.15) is 0 Å². The van der Waals surface area contributed by atoms with Crippen LogP contribution < -0.4 is 10.1 Å². The quantitative estimate of drug-likeness (QED) is 0.898. The largest absolute Gasteiger partial charge is 0.491 e. The van der Waals surface area contributed by atoms with E-state index in [1.807, 2.05) is 6.92 Å². The van der Waals surface area contributed by atoms with Gasteiger partial charge in [-0.15, -0.1) is 0 Å². The number of likely N-dealkylation sites (tertiary alicyclic amines) is 1. The van der Waals surface area contributed by atoms with Gasteiger partial charge in [0.25, 0.3) is 0 Å². The summed E-state index contributed by atoms with van der Waals surface area (Å²) in [4.78, 5) is 13.9. The summed E-state index contributed by atoms with van der Waals surface area (Å²) in [5.41, 5.74) is 0.556. The summed E-state index contributed by atoms with van der Waals surface area (Å²) in [5.74, 6) is 0.604. The van der Waals surface area contributed by atoms with E-state index in [0.29, 0.717) is 36.2 Å². The molecule has 0 aromatic heterocycles. The average molecular weight is 313 g/mol. The molecule has 5 nitrogen and oxygen atoms in total. The zero-order chi connectivity index (χ0) is 15.2.